The van der Waals surface area contributed by atoms with Crippen LogP contribution >= 0.6 is 11.8 Å². The molecule has 3 amide bonds. The van der Waals surface area contributed by atoms with Crippen molar-refractivity contribution in [1.82, 2.24) is 14.7 Å². The van der Waals surface area contributed by atoms with Gasteiger partial charge in [-0.2, -0.15) is 11.8 Å². The van der Waals surface area contributed by atoms with Crippen molar-refractivity contribution in [2.75, 3.05) is 51.7 Å². The first kappa shape index (κ1) is 18.6. The number of imide groups is 1. The van der Waals surface area contributed by atoms with Crippen LogP contribution in [0.25, 0.3) is 0 Å². The number of rotatable bonds is 5. The summed E-state index contributed by atoms with van der Waals surface area (Å²) in [6, 6.07) is -0.0616. The van der Waals surface area contributed by atoms with E-state index in [1.54, 1.807) is 4.90 Å². The van der Waals surface area contributed by atoms with Gasteiger partial charge in [-0.05, 0) is 30.9 Å². The maximum absolute atomic E-state index is 13.1. The lowest BCUT2D eigenvalue weighted by molar-refractivity contribution is -0.132. The fourth-order valence-electron chi connectivity index (χ4n) is 4.62. The van der Waals surface area contributed by atoms with Gasteiger partial charge >= 0.3 is 6.03 Å². The van der Waals surface area contributed by atoms with E-state index in [1.807, 2.05) is 16.7 Å². The molecule has 0 radical (unpaired) electrons. The van der Waals surface area contributed by atoms with Gasteiger partial charge in [0.2, 0.25) is 5.91 Å². The van der Waals surface area contributed by atoms with Crippen molar-refractivity contribution in [3.05, 3.63) is 0 Å². The summed E-state index contributed by atoms with van der Waals surface area (Å²) in [5.74, 6) is 1.69. The highest BCUT2D eigenvalue weighted by atomic mass is 32.2. The molecule has 1 saturated carbocycles. The molecule has 0 aromatic rings. The zero-order chi connectivity index (χ0) is 18.4. The lowest BCUT2D eigenvalue weighted by Gasteiger charge is -2.41. The minimum atomic E-state index is -0.0616. The van der Waals surface area contributed by atoms with Crippen molar-refractivity contribution < 1.29 is 14.3 Å². The standard InChI is InChI=1S/C19H31N3O3S/c1-18(2)15(4-12-26-18)13-20-7-3-16(23)22(17(20)24)14-19(5-6-19)21-8-10-25-11-9-21/h15H,3-14H2,1-2H3. The van der Waals surface area contributed by atoms with Crippen molar-refractivity contribution in [3.63, 3.8) is 0 Å². The summed E-state index contributed by atoms with van der Waals surface area (Å²) in [5, 5.41) is 0. The quantitative estimate of drug-likeness (QED) is 0.729. The zero-order valence-electron chi connectivity index (χ0n) is 16.0. The van der Waals surface area contributed by atoms with Crippen molar-refractivity contribution in [1.29, 1.82) is 0 Å². The van der Waals surface area contributed by atoms with Crippen LogP contribution in [0.3, 0.4) is 0 Å². The Balaban J connectivity index is 1.42. The van der Waals surface area contributed by atoms with E-state index in [9.17, 15) is 9.59 Å². The third kappa shape index (κ3) is 3.50. The number of morpholine rings is 1. The van der Waals surface area contributed by atoms with Crippen LogP contribution in [0.4, 0.5) is 4.79 Å². The minimum absolute atomic E-state index is 0.00541. The molecular weight excluding hydrogens is 350 g/mol. The van der Waals surface area contributed by atoms with E-state index in [4.69, 9.17) is 4.74 Å². The summed E-state index contributed by atoms with van der Waals surface area (Å²) in [5.41, 5.74) is 0.0145. The monoisotopic (exact) mass is 381 g/mol. The Morgan fingerprint density at radius 1 is 1.15 bits per heavy atom. The molecule has 4 rings (SSSR count). The molecule has 3 saturated heterocycles. The molecule has 1 aliphatic carbocycles. The van der Waals surface area contributed by atoms with E-state index < -0.39 is 0 Å². The molecule has 146 valence electrons. The Kier molecular flexibility index (Phi) is 4.99. The number of urea groups is 1. The number of hydrogen-bond acceptors (Lipinski definition) is 5. The van der Waals surface area contributed by atoms with Gasteiger partial charge in [0.05, 0.1) is 13.2 Å². The van der Waals surface area contributed by atoms with Crippen LogP contribution in [0, 0.1) is 5.92 Å². The van der Waals surface area contributed by atoms with E-state index in [0.717, 1.165) is 52.1 Å². The van der Waals surface area contributed by atoms with Gasteiger partial charge < -0.3 is 9.64 Å². The molecule has 0 aromatic carbocycles. The fourth-order valence-corrected chi connectivity index (χ4v) is 5.98. The molecule has 1 unspecified atom stereocenters. The molecule has 0 bridgehead atoms. The van der Waals surface area contributed by atoms with Crippen LogP contribution in [0.5, 0.6) is 0 Å². The molecule has 26 heavy (non-hydrogen) atoms. The van der Waals surface area contributed by atoms with Crippen LogP contribution in [0.2, 0.25) is 0 Å². The van der Waals surface area contributed by atoms with Gasteiger partial charge in [0.25, 0.3) is 0 Å². The maximum atomic E-state index is 13.1. The van der Waals surface area contributed by atoms with Gasteiger partial charge in [-0.1, -0.05) is 13.8 Å². The average Bonchev–Trinajstić information content (AvgIpc) is 3.34. The minimum Gasteiger partial charge on any atom is -0.379 e. The Bertz CT molecular complexity index is 572. The molecule has 0 N–H and O–H groups in total. The molecule has 4 aliphatic rings. The number of amides is 3. The van der Waals surface area contributed by atoms with E-state index >= 15 is 0 Å². The predicted octanol–water partition coefficient (Wildman–Crippen LogP) is 2.04. The summed E-state index contributed by atoms with van der Waals surface area (Å²) < 4.78 is 5.69. The third-order valence-corrected chi connectivity index (χ3v) is 8.24. The second-order valence-corrected chi connectivity index (χ2v) is 10.5. The highest BCUT2D eigenvalue weighted by Gasteiger charge is 2.52. The zero-order valence-corrected chi connectivity index (χ0v) is 16.9. The van der Waals surface area contributed by atoms with E-state index in [2.05, 4.69) is 18.7 Å². The van der Waals surface area contributed by atoms with E-state index in [1.165, 1.54) is 5.75 Å². The largest absolute Gasteiger partial charge is 0.379 e. The van der Waals surface area contributed by atoms with Crippen molar-refractivity contribution in [3.8, 4) is 0 Å². The van der Waals surface area contributed by atoms with Crippen LogP contribution in [0.1, 0.15) is 39.5 Å². The van der Waals surface area contributed by atoms with Crippen molar-refractivity contribution in [2.24, 2.45) is 5.92 Å². The number of carbonyl (C=O) groups excluding carboxylic acids is 2. The van der Waals surface area contributed by atoms with E-state index in [-0.39, 0.29) is 22.2 Å². The molecule has 0 aromatic heterocycles. The van der Waals surface area contributed by atoms with Crippen molar-refractivity contribution in [2.45, 2.75) is 49.8 Å². The number of ether oxygens (including phenoxy) is 1. The molecule has 1 atom stereocenters. The summed E-state index contributed by atoms with van der Waals surface area (Å²) in [4.78, 5) is 31.6. The molecular formula is C19H31N3O3S. The molecule has 0 spiro atoms. The normalized spacial score (nSPS) is 31.5. The Hall–Kier alpha value is -0.790. The Labute approximate surface area is 160 Å². The van der Waals surface area contributed by atoms with Crippen LogP contribution in [-0.4, -0.2) is 88.6 Å². The first-order valence-electron chi connectivity index (χ1n) is 9.97. The van der Waals surface area contributed by atoms with Crippen LogP contribution < -0.4 is 0 Å². The highest BCUT2D eigenvalue weighted by molar-refractivity contribution is 8.00. The van der Waals surface area contributed by atoms with Gasteiger partial charge in [-0.25, -0.2) is 4.79 Å². The summed E-state index contributed by atoms with van der Waals surface area (Å²) in [7, 11) is 0. The first-order valence-corrected chi connectivity index (χ1v) is 11.0. The highest BCUT2D eigenvalue weighted by Crippen LogP contribution is 2.44. The van der Waals surface area contributed by atoms with E-state index in [0.29, 0.717) is 25.4 Å². The summed E-state index contributed by atoms with van der Waals surface area (Å²) >= 11 is 2.00. The second kappa shape index (κ2) is 6.99. The van der Waals surface area contributed by atoms with Crippen LogP contribution in [-0.2, 0) is 9.53 Å². The summed E-state index contributed by atoms with van der Waals surface area (Å²) in [6.07, 6.45) is 3.78. The Morgan fingerprint density at radius 3 is 2.50 bits per heavy atom. The van der Waals surface area contributed by atoms with Gasteiger partial charge in [0.1, 0.15) is 0 Å². The smallest absolute Gasteiger partial charge is 0.326 e. The SMILES string of the molecule is CC1(C)SCCC1CN1CCC(=O)N(CC2(N3CCOCC3)CC2)C1=O. The van der Waals surface area contributed by atoms with Crippen molar-refractivity contribution >= 4 is 23.7 Å². The number of carbonyl (C=O) groups is 2. The molecule has 3 heterocycles. The Morgan fingerprint density at radius 2 is 1.88 bits per heavy atom. The van der Waals surface area contributed by atoms with Gasteiger partial charge in [0, 0.05) is 49.4 Å². The maximum Gasteiger partial charge on any atom is 0.326 e. The van der Waals surface area contributed by atoms with Gasteiger partial charge in [0.15, 0.2) is 0 Å². The topological polar surface area (TPSA) is 53.1 Å². The molecule has 4 fully saturated rings. The lowest BCUT2D eigenvalue weighted by atomic mass is 9.92. The van der Waals surface area contributed by atoms with Gasteiger partial charge in [-0.15, -0.1) is 0 Å². The number of nitrogens with zero attached hydrogens (tertiary/aromatic N) is 3. The predicted molar refractivity (Wildman–Crippen MR) is 102 cm³/mol. The van der Waals surface area contributed by atoms with Gasteiger partial charge in [-0.3, -0.25) is 14.6 Å². The third-order valence-electron chi connectivity index (χ3n) is 6.72. The van der Waals surface area contributed by atoms with Crippen LogP contribution in [0.15, 0.2) is 0 Å². The molecule has 6 nitrogen and oxygen atoms in total. The summed E-state index contributed by atoms with van der Waals surface area (Å²) in [6.45, 7) is 9.82. The number of thioether (sulfide) groups is 1. The second-order valence-electron chi connectivity index (χ2n) is 8.72. The molecule has 7 heteroatoms. The average molecular weight is 382 g/mol. The lowest BCUT2D eigenvalue weighted by Crippen LogP contribution is -2.59. The number of hydrogen-bond donors (Lipinski definition) is 0. The fraction of sp³-hybridized carbons (Fsp3) is 0.895. The first-order chi connectivity index (χ1) is 12.4. The molecule has 3 aliphatic heterocycles.